The van der Waals surface area contributed by atoms with Gasteiger partial charge in [-0.25, -0.2) is 0 Å². The Labute approximate surface area is 119 Å². The van der Waals surface area contributed by atoms with Crippen LogP contribution in [0.3, 0.4) is 0 Å². The number of nitrogens with one attached hydrogen (secondary N) is 2. The molecule has 19 heavy (non-hydrogen) atoms. The molecular formula is C13H15BrN4O. The average molecular weight is 323 g/mol. The lowest BCUT2D eigenvalue weighted by Crippen LogP contribution is -2.49. The highest BCUT2D eigenvalue weighted by atomic mass is 79.9. The largest absolute Gasteiger partial charge is 0.398 e. The molecule has 2 heterocycles. The van der Waals surface area contributed by atoms with Crippen molar-refractivity contribution in [1.29, 1.82) is 5.41 Å². The van der Waals surface area contributed by atoms with E-state index in [-0.39, 0.29) is 17.7 Å². The van der Waals surface area contributed by atoms with Crippen LogP contribution in [0.2, 0.25) is 0 Å². The van der Waals surface area contributed by atoms with Crippen molar-refractivity contribution in [2.24, 2.45) is 0 Å². The first-order chi connectivity index (χ1) is 9.06. The van der Waals surface area contributed by atoms with Crippen molar-refractivity contribution < 1.29 is 4.79 Å². The molecule has 2 unspecified atom stereocenters. The van der Waals surface area contributed by atoms with E-state index < -0.39 is 0 Å². The van der Waals surface area contributed by atoms with Gasteiger partial charge in [-0.05, 0) is 24.6 Å². The predicted molar refractivity (Wildman–Crippen MR) is 77.3 cm³/mol. The molecule has 2 bridgehead atoms. The molecule has 0 saturated carbocycles. The van der Waals surface area contributed by atoms with E-state index in [0.717, 1.165) is 17.4 Å². The molecule has 100 valence electrons. The summed E-state index contributed by atoms with van der Waals surface area (Å²) in [7, 11) is 0. The number of hydrogen-bond donors (Lipinski definition) is 3. The molecular weight excluding hydrogens is 308 g/mol. The second-order valence-electron chi connectivity index (χ2n) is 5.06. The van der Waals surface area contributed by atoms with E-state index in [4.69, 9.17) is 11.1 Å². The number of hydrogen-bond acceptors (Lipinski definition) is 4. The quantitative estimate of drug-likeness (QED) is 0.560. The zero-order chi connectivity index (χ0) is 13.6. The fourth-order valence-corrected chi connectivity index (χ4v) is 3.21. The number of carbonyl (C=O) groups excluding carboxylic acids is 1. The van der Waals surface area contributed by atoms with Crippen LogP contribution in [0.25, 0.3) is 0 Å². The first-order valence-corrected chi connectivity index (χ1v) is 7.04. The van der Waals surface area contributed by atoms with Crippen LogP contribution in [0, 0.1) is 5.41 Å². The number of rotatable bonds is 2. The van der Waals surface area contributed by atoms with Crippen LogP contribution in [-0.2, 0) is 4.79 Å². The van der Waals surface area contributed by atoms with Gasteiger partial charge < -0.3 is 16.0 Å². The number of likely N-dealkylation sites (tertiary alicyclic amines) is 1. The summed E-state index contributed by atoms with van der Waals surface area (Å²) < 4.78 is 0.846. The van der Waals surface area contributed by atoms with Gasteiger partial charge in [0.2, 0.25) is 0 Å². The number of nitrogens with zero attached hydrogens (tertiary/aromatic N) is 1. The molecule has 0 aliphatic carbocycles. The molecule has 1 amide bonds. The number of carbonyl (C=O) groups is 1. The lowest BCUT2D eigenvalue weighted by molar-refractivity contribution is -0.125. The zero-order valence-electron chi connectivity index (χ0n) is 10.3. The topological polar surface area (TPSA) is 82.2 Å². The third-order valence-corrected chi connectivity index (χ3v) is 4.31. The normalized spacial score (nSPS) is 24.8. The first-order valence-electron chi connectivity index (χ1n) is 6.24. The second kappa shape index (κ2) is 4.61. The van der Waals surface area contributed by atoms with Crippen molar-refractivity contribution >= 4 is 33.2 Å². The van der Waals surface area contributed by atoms with Crippen LogP contribution >= 0.6 is 15.9 Å². The minimum atomic E-state index is -0.219. The number of nitrogens with two attached hydrogens (primary N) is 1. The molecule has 2 saturated heterocycles. The van der Waals surface area contributed by atoms with Gasteiger partial charge in [0.25, 0.3) is 5.91 Å². The van der Waals surface area contributed by atoms with E-state index in [1.165, 1.54) is 0 Å². The maximum atomic E-state index is 12.4. The number of nitrogen functional groups attached to an aromatic ring is 1. The Kier molecular flexibility index (Phi) is 3.06. The molecule has 0 radical (unpaired) electrons. The molecule has 3 rings (SSSR count). The summed E-state index contributed by atoms with van der Waals surface area (Å²) in [4.78, 5) is 14.2. The van der Waals surface area contributed by atoms with Crippen molar-refractivity contribution in [2.45, 2.75) is 18.5 Å². The Bertz CT molecular complexity index is 560. The smallest absolute Gasteiger partial charge is 0.272 e. The summed E-state index contributed by atoms with van der Waals surface area (Å²) in [6.07, 6.45) is 0.995. The summed E-state index contributed by atoms with van der Waals surface area (Å²) in [5, 5.41) is 11.4. The molecule has 6 heteroatoms. The summed E-state index contributed by atoms with van der Waals surface area (Å²) in [6.45, 7) is 1.53. The monoisotopic (exact) mass is 322 g/mol. The van der Waals surface area contributed by atoms with Crippen LogP contribution in [0.15, 0.2) is 22.7 Å². The SMILES string of the molecule is N=C(C(=O)N1CC2CC1CN2)c1ccc(Br)cc1N. The number of benzene rings is 1. The minimum absolute atomic E-state index is 0.0162. The van der Waals surface area contributed by atoms with E-state index >= 15 is 0 Å². The van der Waals surface area contributed by atoms with Gasteiger partial charge in [0, 0.05) is 40.9 Å². The summed E-state index contributed by atoms with van der Waals surface area (Å²) in [6, 6.07) is 5.85. The Morgan fingerprint density at radius 3 is 2.89 bits per heavy atom. The van der Waals surface area contributed by atoms with Crippen LogP contribution in [0.5, 0.6) is 0 Å². The highest BCUT2D eigenvalue weighted by molar-refractivity contribution is 9.10. The van der Waals surface area contributed by atoms with Crippen LogP contribution in [0.4, 0.5) is 5.69 Å². The van der Waals surface area contributed by atoms with E-state index in [2.05, 4.69) is 21.2 Å². The van der Waals surface area contributed by atoms with Crippen molar-refractivity contribution in [3.8, 4) is 0 Å². The van der Waals surface area contributed by atoms with Crippen molar-refractivity contribution in [3.63, 3.8) is 0 Å². The molecule has 2 atom stereocenters. The fraction of sp³-hybridized carbons (Fsp3) is 0.385. The zero-order valence-corrected chi connectivity index (χ0v) is 11.9. The van der Waals surface area contributed by atoms with Crippen LogP contribution in [0.1, 0.15) is 12.0 Å². The second-order valence-corrected chi connectivity index (χ2v) is 5.97. The first kappa shape index (κ1) is 12.6. The maximum Gasteiger partial charge on any atom is 0.272 e. The van der Waals surface area contributed by atoms with E-state index in [9.17, 15) is 4.79 Å². The van der Waals surface area contributed by atoms with Gasteiger partial charge in [0.05, 0.1) is 0 Å². The van der Waals surface area contributed by atoms with Crippen molar-refractivity contribution in [1.82, 2.24) is 10.2 Å². The number of halogens is 1. The van der Waals surface area contributed by atoms with Gasteiger partial charge in [-0.2, -0.15) is 0 Å². The number of anilines is 1. The van der Waals surface area contributed by atoms with Crippen LogP contribution < -0.4 is 11.1 Å². The highest BCUT2D eigenvalue weighted by Crippen LogP contribution is 2.25. The average Bonchev–Trinajstić information content (AvgIpc) is 2.99. The maximum absolute atomic E-state index is 12.4. The third kappa shape index (κ3) is 2.15. The molecule has 0 spiro atoms. The molecule has 1 aromatic rings. The molecule has 2 aliphatic heterocycles. The molecule has 5 nitrogen and oxygen atoms in total. The lowest BCUT2D eigenvalue weighted by Gasteiger charge is -2.27. The Hall–Kier alpha value is -1.40. The molecule has 0 aromatic heterocycles. The number of fused-ring (bicyclic) bond motifs is 2. The Morgan fingerprint density at radius 2 is 2.32 bits per heavy atom. The van der Waals surface area contributed by atoms with Gasteiger partial charge in [-0.15, -0.1) is 0 Å². The predicted octanol–water partition coefficient (Wildman–Crippen LogP) is 0.972. The fourth-order valence-electron chi connectivity index (χ4n) is 2.83. The van der Waals surface area contributed by atoms with Gasteiger partial charge in [0.1, 0.15) is 5.71 Å². The third-order valence-electron chi connectivity index (χ3n) is 3.81. The summed E-state index contributed by atoms with van der Waals surface area (Å²) >= 11 is 3.32. The van der Waals surface area contributed by atoms with Crippen molar-refractivity contribution in [2.75, 3.05) is 18.8 Å². The van der Waals surface area contributed by atoms with E-state index in [1.54, 1.807) is 23.1 Å². The van der Waals surface area contributed by atoms with Gasteiger partial charge in [0.15, 0.2) is 0 Å². The molecule has 2 aliphatic rings. The van der Waals surface area contributed by atoms with Gasteiger partial charge >= 0.3 is 0 Å². The Morgan fingerprint density at radius 1 is 1.53 bits per heavy atom. The van der Waals surface area contributed by atoms with E-state index in [0.29, 0.717) is 23.8 Å². The highest BCUT2D eigenvalue weighted by Gasteiger charge is 2.41. The molecule has 1 aromatic carbocycles. The van der Waals surface area contributed by atoms with Gasteiger partial charge in [-0.3, -0.25) is 10.2 Å². The molecule has 4 N–H and O–H groups in total. The van der Waals surface area contributed by atoms with Gasteiger partial charge in [-0.1, -0.05) is 15.9 Å². The summed E-state index contributed by atoms with van der Waals surface area (Å²) in [5.41, 5.74) is 6.82. The Balaban J connectivity index is 1.82. The van der Waals surface area contributed by atoms with Crippen molar-refractivity contribution in [3.05, 3.63) is 28.2 Å². The number of piperazine rings is 1. The lowest BCUT2D eigenvalue weighted by atomic mass is 10.1. The minimum Gasteiger partial charge on any atom is -0.398 e. The molecule has 2 fully saturated rings. The summed E-state index contributed by atoms with van der Waals surface area (Å²) in [5.74, 6) is -0.219. The number of amides is 1. The standard InChI is InChI=1S/C13H15BrN4O/c14-7-1-2-10(11(15)3-7)12(16)13(19)18-6-8-4-9(18)5-17-8/h1-3,8-9,16-17H,4-6,15H2. The van der Waals surface area contributed by atoms with Crippen LogP contribution in [-0.4, -0.2) is 41.7 Å². The van der Waals surface area contributed by atoms with E-state index in [1.807, 2.05) is 0 Å².